The van der Waals surface area contributed by atoms with Crippen LogP contribution in [0.1, 0.15) is 10.4 Å². The van der Waals surface area contributed by atoms with E-state index in [-0.39, 0.29) is 71.3 Å². The SMILES string of the molecule is O.O.O=C(c1c(O)c2ccccc2oc1=O)C(F)(F)F.[Eu]. The van der Waals surface area contributed by atoms with Gasteiger partial charge in [0.05, 0.1) is 5.39 Å². The summed E-state index contributed by atoms with van der Waals surface area (Å²) in [5.41, 5.74) is -3.02. The van der Waals surface area contributed by atoms with Crippen molar-refractivity contribution in [3.8, 4) is 5.75 Å². The van der Waals surface area contributed by atoms with Gasteiger partial charge in [-0.1, -0.05) is 12.1 Å². The maximum Gasteiger partial charge on any atom is 0.455 e. The molecule has 0 aliphatic rings. The van der Waals surface area contributed by atoms with Crippen LogP contribution in [-0.4, -0.2) is 28.0 Å². The molecule has 2 rings (SSSR count). The van der Waals surface area contributed by atoms with Gasteiger partial charge in [-0.2, -0.15) is 13.2 Å². The molecule has 0 amide bonds. The van der Waals surface area contributed by atoms with Gasteiger partial charge in [0.2, 0.25) is 0 Å². The van der Waals surface area contributed by atoms with E-state index < -0.39 is 28.9 Å². The molecule has 21 heavy (non-hydrogen) atoms. The molecular formula is C11H9EuF3O6. The van der Waals surface area contributed by atoms with E-state index in [4.69, 9.17) is 0 Å². The van der Waals surface area contributed by atoms with Gasteiger partial charge in [0.1, 0.15) is 11.3 Å². The van der Waals surface area contributed by atoms with Gasteiger partial charge in [-0.3, -0.25) is 4.79 Å². The Morgan fingerprint density at radius 3 is 2.19 bits per heavy atom. The number of hydrogen-bond acceptors (Lipinski definition) is 4. The largest absolute Gasteiger partial charge is 0.506 e. The standard InChI is InChI=1S/C11H5F3O4.Eu.2H2O/c12-11(13,14)9(16)7-8(15)5-3-1-2-4-6(5)18-10(7)17;;;/h1-4,15H;;2*1H2. The molecule has 1 radical (unpaired) electrons. The summed E-state index contributed by atoms with van der Waals surface area (Å²) < 4.78 is 41.3. The molecule has 0 aliphatic heterocycles. The summed E-state index contributed by atoms with van der Waals surface area (Å²) in [6.45, 7) is 0. The van der Waals surface area contributed by atoms with Gasteiger partial charge in [-0.25, -0.2) is 4.79 Å². The first-order valence-corrected chi connectivity index (χ1v) is 4.68. The van der Waals surface area contributed by atoms with Gasteiger partial charge < -0.3 is 20.5 Å². The van der Waals surface area contributed by atoms with Crippen LogP contribution in [0, 0.1) is 49.4 Å². The van der Waals surface area contributed by atoms with E-state index in [2.05, 4.69) is 4.42 Å². The zero-order valence-corrected chi connectivity index (χ0v) is 12.4. The third-order valence-electron chi connectivity index (χ3n) is 2.27. The van der Waals surface area contributed by atoms with Crippen molar-refractivity contribution in [3.63, 3.8) is 0 Å². The topological polar surface area (TPSA) is 131 Å². The molecule has 6 nitrogen and oxygen atoms in total. The first kappa shape index (κ1) is 22.5. The molecule has 0 saturated heterocycles. The minimum Gasteiger partial charge on any atom is -0.506 e. The number of aromatic hydroxyl groups is 1. The Balaban J connectivity index is 0. The molecule has 0 atom stereocenters. The van der Waals surface area contributed by atoms with Crippen LogP contribution in [0.4, 0.5) is 13.2 Å². The molecule has 0 fully saturated rings. The van der Waals surface area contributed by atoms with E-state index in [1.807, 2.05) is 0 Å². The first-order valence-electron chi connectivity index (χ1n) is 4.68. The maximum atomic E-state index is 12.3. The van der Waals surface area contributed by atoms with Crippen molar-refractivity contribution in [1.82, 2.24) is 0 Å². The predicted octanol–water partition coefficient (Wildman–Crippen LogP) is 0.594. The summed E-state index contributed by atoms with van der Waals surface area (Å²) in [5.74, 6) is -3.45. The molecule has 0 bridgehead atoms. The zero-order chi connectivity index (χ0) is 13.5. The third-order valence-corrected chi connectivity index (χ3v) is 2.27. The smallest absolute Gasteiger partial charge is 0.455 e. The van der Waals surface area contributed by atoms with Gasteiger partial charge in [0.25, 0.3) is 5.78 Å². The van der Waals surface area contributed by atoms with Crippen LogP contribution in [0.5, 0.6) is 5.75 Å². The van der Waals surface area contributed by atoms with Gasteiger partial charge >= 0.3 is 11.8 Å². The summed E-state index contributed by atoms with van der Waals surface area (Å²) in [6.07, 6.45) is -5.26. The van der Waals surface area contributed by atoms with Gasteiger partial charge in [-0.15, -0.1) is 0 Å². The number of benzene rings is 1. The zero-order valence-electron chi connectivity index (χ0n) is 9.99. The molecule has 117 valence electrons. The quantitative estimate of drug-likeness (QED) is 0.508. The summed E-state index contributed by atoms with van der Waals surface area (Å²) >= 11 is 0. The number of para-hydroxylation sites is 1. The number of ketones is 1. The molecule has 1 aromatic heterocycles. The Morgan fingerprint density at radius 2 is 1.67 bits per heavy atom. The molecule has 0 unspecified atom stereocenters. The maximum absolute atomic E-state index is 12.3. The Morgan fingerprint density at radius 1 is 1.14 bits per heavy atom. The first-order chi connectivity index (χ1) is 8.32. The van der Waals surface area contributed by atoms with Crippen molar-refractivity contribution in [1.29, 1.82) is 0 Å². The summed E-state index contributed by atoms with van der Waals surface area (Å²) in [5, 5.41) is 9.45. The number of rotatable bonds is 1. The Kier molecular flexibility index (Phi) is 8.55. The minimum absolute atomic E-state index is 0. The molecule has 5 N–H and O–H groups in total. The normalized spacial score (nSPS) is 10.0. The van der Waals surface area contributed by atoms with Crippen LogP contribution >= 0.6 is 0 Å². The van der Waals surface area contributed by atoms with Crippen molar-refractivity contribution in [2.45, 2.75) is 6.18 Å². The van der Waals surface area contributed by atoms with Crippen molar-refractivity contribution < 1.29 is 87.8 Å². The monoisotopic (exact) mass is 447 g/mol. The van der Waals surface area contributed by atoms with E-state index in [1.165, 1.54) is 24.3 Å². The van der Waals surface area contributed by atoms with E-state index in [9.17, 15) is 27.9 Å². The number of carbonyl (C=O) groups excluding carboxylic acids is 1. The van der Waals surface area contributed by atoms with Crippen LogP contribution in [-0.2, 0) is 0 Å². The molecule has 2 aromatic rings. The Labute approximate surface area is 155 Å². The molecular weight excluding hydrogens is 437 g/mol. The summed E-state index contributed by atoms with van der Waals surface area (Å²) in [7, 11) is 0. The fraction of sp³-hybridized carbons (Fsp3) is 0.0909. The van der Waals surface area contributed by atoms with E-state index >= 15 is 0 Å². The number of carbonyl (C=O) groups is 1. The van der Waals surface area contributed by atoms with Crippen LogP contribution in [0.2, 0.25) is 0 Å². The number of Topliss-reactive ketones (excluding diaryl/α,β-unsaturated/α-hetero) is 1. The molecule has 10 heteroatoms. The van der Waals surface area contributed by atoms with Gasteiger partial charge in [0, 0.05) is 49.4 Å². The fourth-order valence-corrected chi connectivity index (χ4v) is 1.48. The van der Waals surface area contributed by atoms with Crippen molar-refractivity contribution in [2.24, 2.45) is 0 Å². The fourth-order valence-electron chi connectivity index (χ4n) is 1.48. The van der Waals surface area contributed by atoms with Crippen LogP contribution < -0.4 is 5.63 Å². The molecule has 1 heterocycles. The second kappa shape index (κ2) is 7.99. The average molecular weight is 446 g/mol. The second-order valence-corrected chi connectivity index (χ2v) is 3.44. The van der Waals surface area contributed by atoms with Gasteiger partial charge in [0.15, 0.2) is 5.56 Å². The predicted molar refractivity (Wildman–Crippen MR) is 61.8 cm³/mol. The molecule has 0 saturated carbocycles. The van der Waals surface area contributed by atoms with Crippen molar-refractivity contribution in [2.75, 3.05) is 0 Å². The van der Waals surface area contributed by atoms with E-state index in [1.54, 1.807) is 0 Å². The number of fused-ring (bicyclic) bond motifs is 1. The van der Waals surface area contributed by atoms with Crippen LogP contribution in [0.3, 0.4) is 0 Å². The molecule has 0 spiro atoms. The number of hydrogen-bond donors (Lipinski definition) is 1. The third kappa shape index (κ3) is 4.33. The van der Waals surface area contributed by atoms with Crippen LogP contribution in [0.15, 0.2) is 33.5 Å². The van der Waals surface area contributed by atoms with Gasteiger partial charge in [-0.05, 0) is 12.1 Å². The van der Waals surface area contributed by atoms with Crippen molar-refractivity contribution >= 4 is 16.8 Å². The van der Waals surface area contributed by atoms with E-state index in [0.29, 0.717) is 0 Å². The summed E-state index contributed by atoms with van der Waals surface area (Å²) in [4.78, 5) is 22.3. The molecule has 0 aliphatic carbocycles. The molecule has 1 aromatic carbocycles. The second-order valence-electron chi connectivity index (χ2n) is 3.44. The van der Waals surface area contributed by atoms with Crippen LogP contribution in [0.25, 0.3) is 11.0 Å². The number of halogens is 3. The minimum atomic E-state index is -5.26. The Bertz CT molecular complexity index is 694. The summed E-state index contributed by atoms with van der Waals surface area (Å²) in [6, 6.07) is 5.42. The Hall–Kier alpha value is -0.806. The average Bonchev–Trinajstić information content (AvgIpc) is 2.27. The number of alkyl halides is 3. The van der Waals surface area contributed by atoms with E-state index in [0.717, 1.165) is 0 Å². The van der Waals surface area contributed by atoms with Crippen molar-refractivity contribution in [3.05, 3.63) is 40.2 Å².